The van der Waals surface area contributed by atoms with Gasteiger partial charge in [0, 0.05) is 35.0 Å². The molecular weight excluding hydrogens is 408 g/mol. The Kier molecular flexibility index (Phi) is 6.91. The molecule has 145 valence electrons. The number of aromatic nitrogens is 1. The van der Waals surface area contributed by atoms with Gasteiger partial charge in [-0.3, -0.25) is 4.90 Å². The van der Waals surface area contributed by atoms with E-state index >= 15 is 0 Å². The molecule has 4 rings (SSSR count). The highest BCUT2D eigenvalue weighted by molar-refractivity contribution is 8.01. The summed E-state index contributed by atoms with van der Waals surface area (Å²) < 4.78 is 7.08. The molecule has 28 heavy (non-hydrogen) atoms. The van der Waals surface area contributed by atoms with Gasteiger partial charge in [0.1, 0.15) is 12.4 Å². The van der Waals surface area contributed by atoms with Gasteiger partial charge in [0.2, 0.25) is 0 Å². The van der Waals surface area contributed by atoms with E-state index in [2.05, 4.69) is 28.1 Å². The van der Waals surface area contributed by atoms with Crippen LogP contribution >= 0.6 is 34.7 Å². The lowest BCUT2D eigenvalue weighted by molar-refractivity contribution is 0.236. The Bertz CT molecular complexity index is 895. The molecule has 6 heteroatoms. The maximum absolute atomic E-state index is 6.52. The summed E-state index contributed by atoms with van der Waals surface area (Å²) in [7, 11) is 0. The minimum Gasteiger partial charge on any atom is -0.492 e. The number of halogens is 1. The summed E-state index contributed by atoms with van der Waals surface area (Å²) in [6.45, 7) is 4.10. The fraction of sp³-hybridized carbons (Fsp3) is 0.318. The fourth-order valence-electron chi connectivity index (χ4n) is 3.32. The molecule has 2 aromatic carbocycles. The third kappa shape index (κ3) is 5.29. The third-order valence-electron chi connectivity index (χ3n) is 4.75. The quantitative estimate of drug-likeness (QED) is 0.451. The zero-order valence-corrected chi connectivity index (χ0v) is 18.0. The molecule has 0 amide bonds. The molecule has 0 atom stereocenters. The number of ether oxygens (including phenoxy) is 1. The van der Waals surface area contributed by atoms with Gasteiger partial charge in [0.15, 0.2) is 4.34 Å². The second-order valence-electron chi connectivity index (χ2n) is 6.75. The van der Waals surface area contributed by atoms with E-state index in [0.717, 1.165) is 50.7 Å². The van der Waals surface area contributed by atoms with Gasteiger partial charge in [-0.2, -0.15) is 0 Å². The van der Waals surface area contributed by atoms with Crippen LogP contribution in [0.4, 0.5) is 0 Å². The SMILES string of the molecule is Clc1cc(Cc2[c]cccc2OCCN2CCCC2)ccc1Sc1nccs1. The second kappa shape index (κ2) is 9.79. The average Bonchev–Trinajstić information content (AvgIpc) is 3.39. The van der Waals surface area contributed by atoms with E-state index in [0.29, 0.717) is 0 Å². The van der Waals surface area contributed by atoms with Crippen molar-refractivity contribution >= 4 is 34.7 Å². The van der Waals surface area contributed by atoms with Crippen LogP contribution in [0.2, 0.25) is 5.02 Å². The normalized spacial score (nSPS) is 14.5. The highest BCUT2D eigenvalue weighted by Crippen LogP contribution is 2.35. The van der Waals surface area contributed by atoms with Crippen LogP contribution in [-0.2, 0) is 6.42 Å². The standard InChI is InChI=1S/C22H22ClN2OS2/c23-19-16-17(7-8-21(19)28-22-24-9-14-27-22)15-18-5-1-2-6-20(18)26-13-12-25-10-3-4-11-25/h1-2,6-9,14,16H,3-4,10-13,15H2. The smallest absolute Gasteiger partial charge is 0.154 e. The van der Waals surface area contributed by atoms with Gasteiger partial charge in [0.25, 0.3) is 0 Å². The summed E-state index contributed by atoms with van der Waals surface area (Å²) in [6, 6.07) is 15.5. The number of hydrogen-bond acceptors (Lipinski definition) is 5. The first-order chi connectivity index (χ1) is 13.8. The van der Waals surface area contributed by atoms with E-state index in [4.69, 9.17) is 16.3 Å². The van der Waals surface area contributed by atoms with Crippen LogP contribution in [0, 0.1) is 6.07 Å². The van der Waals surface area contributed by atoms with Crippen LogP contribution in [0.1, 0.15) is 24.0 Å². The summed E-state index contributed by atoms with van der Waals surface area (Å²) in [6.07, 6.45) is 5.18. The van der Waals surface area contributed by atoms with Gasteiger partial charge in [-0.15, -0.1) is 11.3 Å². The molecular formula is C22H22ClN2OS2. The van der Waals surface area contributed by atoms with Crippen LogP contribution in [0.25, 0.3) is 0 Å². The van der Waals surface area contributed by atoms with Gasteiger partial charge < -0.3 is 4.74 Å². The van der Waals surface area contributed by atoms with Crippen molar-refractivity contribution in [1.82, 2.24) is 9.88 Å². The Balaban J connectivity index is 1.40. The predicted molar refractivity (Wildman–Crippen MR) is 117 cm³/mol. The Morgan fingerprint density at radius 1 is 1.25 bits per heavy atom. The third-order valence-corrected chi connectivity index (χ3v) is 7.13. The van der Waals surface area contributed by atoms with Crippen molar-refractivity contribution in [2.75, 3.05) is 26.2 Å². The summed E-state index contributed by atoms with van der Waals surface area (Å²) in [4.78, 5) is 7.80. The van der Waals surface area contributed by atoms with Crippen LogP contribution < -0.4 is 4.74 Å². The van der Waals surface area contributed by atoms with E-state index in [9.17, 15) is 0 Å². The first-order valence-electron chi connectivity index (χ1n) is 9.48. The van der Waals surface area contributed by atoms with Gasteiger partial charge >= 0.3 is 0 Å². The number of likely N-dealkylation sites (tertiary alicyclic amines) is 1. The maximum Gasteiger partial charge on any atom is 0.154 e. The van der Waals surface area contributed by atoms with Crippen molar-refractivity contribution < 1.29 is 4.74 Å². The van der Waals surface area contributed by atoms with Gasteiger partial charge in [-0.1, -0.05) is 41.6 Å². The molecule has 3 nitrogen and oxygen atoms in total. The van der Waals surface area contributed by atoms with Crippen molar-refractivity contribution in [3.63, 3.8) is 0 Å². The fourth-order valence-corrected chi connectivity index (χ4v) is 5.22. The van der Waals surface area contributed by atoms with E-state index < -0.39 is 0 Å². The Labute approximate surface area is 179 Å². The molecule has 0 bridgehead atoms. The van der Waals surface area contributed by atoms with E-state index in [1.54, 1.807) is 23.1 Å². The Hall–Kier alpha value is -1.53. The zero-order valence-electron chi connectivity index (χ0n) is 15.6. The van der Waals surface area contributed by atoms with Crippen molar-refractivity contribution in [3.8, 4) is 5.75 Å². The molecule has 1 saturated heterocycles. The molecule has 0 aliphatic carbocycles. The van der Waals surface area contributed by atoms with Crippen molar-refractivity contribution in [1.29, 1.82) is 0 Å². The lowest BCUT2D eigenvalue weighted by Crippen LogP contribution is -2.25. The van der Waals surface area contributed by atoms with Gasteiger partial charge in [0.05, 0.1) is 5.02 Å². The molecule has 0 saturated carbocycles. The highest BCUT2D eigenvalue weighted by Gasteiger charge is 2.12. The summed E-state index contributed by atoms with van der Waals surface area (Å²) in [5.74, 6) is 0.916. The van der Waals surface area contributed by atoms with Crippen molar-refractivity contribution in [3.05, 3.63) is 70.2 Å². The average molecular weight is 430 g/mol. The number of thiazole rings is 1. The molecule has 1 aliphatic rings. The van der Waals surface area contributed by atoms with Crippen LogP contribution in [-0.4, -0.2) is 36.1 Å². The minimum absolute atomic E-state index is 0.717. The second-order valence-corrected chi connectivity index (χ2v) is 9.34. The topological polar surface area (TPSA) is 25.4 Å². The number of hydrogen-bond donors (Lipinski definition) is 0. The molecule has 1 aromatic heterocycles. The monoisotopic (exact) mass is 429 g/mol. The largest absolute Gasteiger partial charge is 0.492 e. The molecule has 0 N–H and O–H groups in total. The molecule has 2 heterocycles. The highest BCUT2D eigenvalue weighted by atomic mass is 35.5. The van der Waals surface area contributed by atoms with Crippen molar-refractivity contribution in [2.45, 2.75) is 28.5 Å². The van der Waals surface area contributed by atoms with E-state index in [1.807, 2.05) is 35.8 Å². The van der Waals surface area contributed by atoms with E-state index in [-0.39, 0.29) is 0 Å². The van der Waals surface area contributed by atoms with E-state index in [1.165, 1.54) is 25.9 Å². The van der Waals surface area contributed by atoms with Crippen LogP contribution in [0.5, 0.6) is 5.75 Å². The molecule has 3 aromatic rings. The molecule has 1 aliphatic heterocycles. The molecule has 0 spiro atoms. The lowest BCUT2D eigenvalue weighted by atomic mass is 10.0. The predicted octanol–water partition coefficient (Wildman–Crippen LogP) is 5.81. The zero-order chi connectivity index (χ0) is 19.2. The number of nitrogens with zero attached hydrogens (tertiary/aromatic N) is 2. The van der Waals surface area contributed by atoms with Gasteiger partial charge in [-0.25, -0.2) is 4.98 Å². The summed E-state index contributed by atoms with van der Waals surface area (Å²) in [5.41, 5.74) is 2.22. The van der Waals surface area contributed by atoms with Crippen molar-refractivity contribution in [2.24, 2.45) is 0 Å². The Morgan fingerprint density at radius 3 is 2.93 bits per heavy atom. The lowest BCUT2D eigenvalue weighted by Gasteiger charge is -2.16. The van der Waals surface area contributed by atoms with Crippen LogP contribution in [0.3, 0.4) is 0 Å². The molecule has 1 radical (unpaired) electrons. The first-order valence-corrected chi connectivity index (χ1v) is 11.6. The molecule has 1 fully saturated rings. The van der Waals surface area contributed by atoms with Crippen LogP contribution in [0.15, 0.2) is 57.2 Å². The Morgan fingerprint density at radius 2 is 2.14 bits per heavy atom. The number of rotatable bonds is 8. The first kappa shape index (κ1) is 19.8. The summed E-state index contributed by atoms with van der Waals surface area (Å²) >= 11 is 9.74. The summed E-state index contributed by atoms with van der Waals surface area (Å²) in [5, 5.41) is 2.73. The molecule has 0 unspecified atom stereocenters. The van der Waals surface area contributed by atoms with Gasteiger partial charge in [-0.05, 0) is 55.8 Å². The number of benzene rings is 2. The maximum atomic E-state index is 6.52. The minimum atomic E-state index is 0.717.